The molecule has 46 valence electrons. The molecular formula is C6H11NO. The zero-order chi connectivity index (χ0) is 6.41. The SMILES string of the molecule is CCNC=C(C)C=O. The molecule has 2 heteroatoms. The van der Waals surface area contributed by atoms with Crippen LogP contribution >= 0.6 is 0 Å². The average Bonchev–Trinajstić information content (AvgIpc) is 1.83. The molecular weight excluding hydrogens is 102 g/mol. The number of rotatable bonds is 3. The van der Waals surface area contributed by atoms with E-state index in [1.807, 2.05) is 6.92 Å². The van der Waals surface area contributed by atoms with Gasteiger partial charge < -0.3 is 5.32 Å². The van der Waals surface area contributed by atoms with Crippen LogP contribution in [0.4, 0.5) is 0 Å². The van der Waals surface area contributed by atoms with Gasteiger partial charge in [-0.05, 0) is 13.8 Å². The van der Waals surface area contributed by atoms with Crippen LogP contribution in [0.2, 0.25) is 0 Å². The quantitative estimate of drug-likeness (QED) is 0.431. The fraction of sp³-hybridized carbons (Fsp3) is 0.500. The molecule has 0 heterocycles. The molecule has 0 saturated carbocycles. The van der Waals surface area contributed by atoms with Gasteiger partial charge >= 0.3 is 0 Å². The van der Waals surface area contributed by atoms with Crippen molar-refractivity contribution in [2.75, 3.05) is 6.54 Å². The molecule has 0 rings (SSSR count). The van der Waals surface area contributed by atoms with Gasteiger partial charge in [-0.3, -0.25) is 4.79 Å². The van der Waals surface area contributed by atoms with E-state index in [4.69, 9.17) is 0 Å². The smallest absolute Gasteiger partial charge is 0.147 e. The molecule has 0 aromatic rings. The number of hydrogen-bond donors (Lipinski definition) is 1. The van der Waals surface area contributed by atoms with Crippen molar-refractivity contribution in [3.63, 3.8) is 0 Å². The molecule has 1 N–H and O–H groups in total. The van der Waals surface area contributed by atoms with Crippen molar-refractivity contribution in [3.8, 4) is 0 Å². The van der Waals surface area contributed by atoms with E-state index in [1.54, 1.807) is 13.1 Å². The summed E-state index contributed by atoms with van der Waals surface area (Å²) in [4.78, 5) is 9.90. The molecule has 0 aliphatic heterocycles. The molecule has 0 aromatic carbocycles. The summed E-state index contributed by atoms with van der Waals surface area (Å²) in [6.45, 7) is 4.61. The Balaban J connectivity index is 3.40. The molecule has 0 saturated heterocycles. The number of aldehydes is 1. The largest absolute Gasteiger partial charge is 0.391 e. The molecule has 0 atom stereocenters. The Labute approximate surface area is 49.6 Å². The second kappa shape index (κ2) is 4.37. The highest BCUT2D eigenvalue weighted by molar-refractivity contribution is 5.71. The number of nitrogens with one attached hydrogen (secondary N) is 1. The van der Waals surface area contributed by atoms with Crippen LogP contribution in [0.1, 0.15) is 13.8 Å². The summed E-state index contributed by atoms with van der Waals surface area (Å²) in [6, 6.07) is 0. The Morgan fingerprint density at radius 3 is 2.75 bits per heavy atom. The monoisotopic (exact) mass is 113 g/mol. The normalized spacial score (nSPS) is 11.0. The summed E-state index contributed by atoms with van der Waals surface area (Å²) in [6.07, 6.45) is 2.52. The van der Waals surface area contributed by atoms with Gasteiger partial charge in [0, 0.05) is 18.3 Å². The van der Waals surface area contributed by atoms with Crippen LogP contribution in [-0.4, -0.2) is 12.8 Å². The van der Waals surface area contributed by atoms with Crippen molar-refractivity contribution in [2.24, 2.45) is 0 Å². The molecule has 0 radical (unpaired) electrons. The number of carbonyl (C=O) groups is 1. The van der Waals surface area contributed by atoms with E-state index in [1.165, 1.54) is 0 Å². The lowest BCUT2D eigenvalue weighted by Gasteiger charge is -1.90. The second-order valence-electron chi connectivity index (χ2n) is 1.56. The van der Waals surface area contributed by atoms with Crippen LogP contribution in [0, 0.1) is 0 Å². The van der Waals surface area contributed by atoms with Crippen molar-refractivity contribution in [2.45, 2.75) is 13.8 Å². The van der Waals surface area contributed by atoms with E-state index in [9.17, 15) is 4.79 Å². The standard InChI is InChI=1S/C6H11NO/c1-3-7-4-6(2)5-8/h4-5,7H,3H2,1-2H3. The fourth-order valence-electron chi connectivity index (χ4n) is 0.297. The van der Waals surface area contributed by atoms with E-state index >= 15 is 0 Å². The molecule has 0 bridgehead atoms. The molecule has 0 aliphatic rings. The Hall–Kier alpha value is -0.790. The molecule has 0 spiro atoms. The Morgan fingerprint density at radius 1 is 1.75 bits per heavy atom. The van der Waals surface area contributed by atoms with Crippen molar-refractivity contribution < 1.29 is 4.79 Å². The Bertz CT molecular complexity index is 96.7. The van der Waals surface area contributed by atoms with Gasteiger partial charge in [0.1, 0.15) is 6.29 Å². The molecule has 0 aromatic heterocycles. The first-order chi connectivity index (χ1) is 3.81. The van der Waals surface area contributed by atoms with Gasteiger partial charge in [0.15, 0.2) is 0 Å². The summed E-state index contributed by atoms with van der Waals surface area (Å²) in [5.74, 6) is 0. The predicted molar refractivity (Wildman–Crippen MR) is 33.5 cm³/mol. The summed E-state index contributed by atoms with van der Waals surface area (Å²) < 4.78 is 0. The minimum Gasteiger partial charge on any atom is -0.391 e. The van der Waals surface area contributed by atoms with E-state index in [-0.39, 0.29) is 0 Å². The summed E-state index contributed by atoms with van der Waals surface area (Å²) in [5, 5.41) is 2.91. The first kappa shape index (κ1) is 7.21. The lowest BCUT2D eigenvalue weighted by Crippen LogP contribution is -2.03. The third-order valence-corrected chi connectivity index (χ3v) is 0.720. The third-order valence-electron chi connectivity index (χ3n) is 0.720. The van der Waals surface area contributed by atoms with Crippen LogP contribution in [0.3, 0.4) is 0 Å². The molecule has 0 unspecified atom stereocenters. The van der Waals surface area contributed by atoms with Gasteiger partial charge in [0.05, 0.1) is 0 Å². The van der Waals surface area contributed by atoms with E-state index in [2.05, 4.69) is 5.32 Å². The molecule has 8 heavy (non-hydrogen) atoms. The Morgan fingerprint density at radius 2 is 2.38 bits per heavy atom. The van der Waals surface area contributed by atoms with Gasteiger partial charge in [-0.2, -0.15) is 0 Å². The van der Waals surface area contributed by atoms with Gasteiger partial charge in [-0.25, -0.2) is 0 Å². The Kier molecular flexibility index (Phi) is 3.94. The minimum absolute atomic E-state index is 0.729. The summed E-state index contributed by atoms with van der Waals surface area (Å²) in [5.41, 5.74) is 0.729. The first-order valence-electron chi connectivity index (χ1n) is 2.66. The minimum atomic E-state index is 0.729. The average molecular weight is 113 g/mol. The fourth-order valence-corrected chi connectivity index (χ4v) is 0.297. The van der Waals surface area contributed by atoms with Gasteiger partial charge in [0.25, 0.3) is 0 Å². The predicted octanol–water partition coefficient (Wildman–Crippen LogP) is 0.699. The van der Waals surface area contributed by atoms with E-state index in [0.717, 1.165) is 18.4 Å². The third kappa shape index (κ3) is 3.40. The van der Waals surface area contributed by atoms with Gasteiger partial charge in [0.2, 0.25) is 0 Å². The van der Waals surface area contributed by atoms with E-state index in [0.29, 0.717) is 0 Å². The summed E-state index contributed by atoms with van der Waals surface area (Å²) in [7, 11) is 0. The zero-order valence-corrected chi connectivity index (χ0v) is 5.27. The van der Waals surface area contributed by atoms with Crippen LogP contribution in [0.25, 0.3) is 0 Å². The molecule has 0 aliphatic carbocycles. The van der Waals surface area contributed by atoms with Crippen LogP contribution in [0.15, 0.2) is 11.8 Å². The van der Waals surface area contributed by atoms with Crippen LogP contribution in [-0.2, 0) is 4.79 Å². The van der Waals surface area contributed by atoms with Crippen molar-refractivity contribution in [1.29, 1.82) is 0 Å². The molecule has 0 fully saturated rings. The molecule has 0 amide bonds. The highest BCUT2D eigenvalue weighted by Crippen LogP contribution is 1.79. The van der Waals surface area contributed by atoms with Crippen molar-refractivity contribution in [1.82, 2.24) is 5.32 Å². The highest BCUT2D eigenvalue weighted by atomic mass is 16.1. The summed E-state index contributed by atoms with van der Waals surface area (Å²) >= 11 is 0. The zero-order valence-electron chi connectivity index (χ0n) is 5.27. The van der Waals surface area contributed by atoms with Gasteiger partial charge in [-0.1, -0.05) is 0 Å². The van der Waals surface area contributed by atoms with Crippen molar-refractivity contribution in [3.05, 3.63) is 11.8 Å². The molecule has 2 nitrogen and oxygen atoms in total. The second-order valence-corrected chi connectivity index (χ2v) is 1.56. The van der Waals surface area contributed by atoms with E-state index < -0.39 is 0 Å². The maximum Gasteiger partial charge on any atom is 0.147 e. The maximum absolute atomic E-state index is 9.90. The topological polar surface area (TPSA) is 29.1 Å². The van der Waals surface area contributed by atoms with Crippen LogP contribution in [0.5, 0.6) is 0 Å². The first-order valence-corrected chi connectivity index (χ1v) is 2.66. The maximum atomic E-state index is 9.90. The number of hydrogen-bond acceptors (Lipinski definition) is 2. The lowest BCUT2D eigenvalue weighted by molar-refractivity contribution is -0.104. The van der Waals surface area contributed by atoms with Crippen molar-refractivity contribution >= 4 is 6.29 Å². The lowest BCUT2D eigenvalue weighted by atomic mass is 10.4. The van der Waals surface area contributed by atoms with Gasteiger partial charge in [-0.15, -0.1) is 0 Å². The van der Waals surface area contributed by atoms with Crippen LogP contribution < -0.4 is 5.32 Å². The number of carbonyl (C=O) groups excluding carboxylic acids is 1. The highest BCUT2D eigenvalue weighted by Gasteiger charge is 1.78. The number of allylic oxidation sites excluding steroid dienone is 1.